The predicted molar refractivity (Wildman–Crippen MR) is 153 cm³/mol. The maximum atomic E-state index is 13.7. The lowest BCUT2D eigenvalue weighted by atomic mass is 9.94. The van der Waals surface area contributed by atoms with Crippen molar-refractivity contribution in [1.82, 2.24) is 4.98 Å². The Morgan fingerprint density at radius 2 is 1.95 bits per heavy atom. The van der Waals surface area contributed by atoms with Crippen LogP contribution in [0.15, 0.2) is 54.1 Å². The Balaban J connectivity index is 1.56. The maximum Gasteiger partial charge on any atom is 0.301 e. The molecule has 1 saturated heterocycles. The van der Waals surface area contributed by atoms with Gasteiger partial charge in [-0.05, 0) is 86.3 Å². The molecule has 3 heterocycles. The third-order valence-corrected chi connectivity index (χ3v) is 8.24. The molecule has 0 radical (unpaired) electrons. The minimum atomic E-state index is -0.995. The summed E-state index contributed by atoms with van der Waals surface area (Å²) in [5, 5.41) is 22.3. The van der Waals surface area contributed by atoms with Gasteiger partial charge in [0.15, 0.2) is 16.6 Å². The highest BCUT2D eigenvalue weighted by Crippen LogP contribution is 2.46. The van der Waals surface area contributed by atoms with E-state index in [0.29, 0.717) is 29.3 Å². The summed E-state index contributed by atoms with van der Waals surface area (Å²) in [6, 6.07) is 12.9. The summed E-state index contributed by atoms with van der Waals surface area (Å²) in [5.74, 6) is -1.00. The molecule has 1 aromatic heterocycles. The van der Waals surface area contributed by atoms with Crippen molar-refractivity contribution < 1.29 is 29.3 Å². The smallest absolute Gasteiger partial charge is 0.301 e. The molecule has 1 fully saturated rings. The number of benzene rings is 3. The van der Waals surface area contributed by atoms with E-state index in [-0.39, 0.29) is 28.9 Å². The number of ketones is 1. The number of aliphatic hydroxyl groups excluding tert-OH is 1. The quantitative estimate of drug-likeness (QED) is 0.177. The van der Waals surface area contributed by atoms with Gasteiger partial charge in [0, 0.05) is 12.0 Å². The fraction of sp³-hybridized carbons (Fsp3) is 0.258. The average molecular weight is 557 g/mol. The minimum Gasteiger partial charge on any atom is -0.507 e. The van der Waals surface area contributed by atoms with Gasteiger partial charge in [0.25, 0.3) is 5.78 Å². The van der Waals surface area contributed by atoms with Crippen molar-refractivity contribution in [1.29, 1.82) is 0 Å². The number of carbonyl (C=O) groups is 2. The number of aliphatic hydroxyl groups is 1. The van der Waals surface area contributed by atoms with Crippen molar-refractivity contribution in [3.8, 4) is 17.2 Å². The predicted octanol–water partition coefficient (Wildman–Crippen LogP) is 5.97. The van der Waals surface area contributed by atoms with E-state index >= 15 is 0 Å². The van der Waals surface area contributed by atoms with Crippen LogP contribution >= 0.6 is 11.3 Å². The van der Waals surface area contributed by atoms with Crippen LogP contribution in [-0.2, 0) is 16.0 Å². The number of rotatable bonds is 5. The van der Waals surface area contributed by atoms with Crippen molar-refractivity contribution in [2.24, 2.45) is 0 Å². The van der Waals surface area contributed by atoms with Gasteiger partial charge in [-0.2, -0.15) is 0 Å². The minimum absolute atomic E-state index is 0.0121. The molecule has 2 N–H and O–H groups in total. The van der Waals surface area contributed by atoms with Crippen LogP contribution in [0.25, 0.3) is 16.0 Å². The SMILES string of the molecule is CCOc1cc([C@H]2/C(=C(\O)c3ccc4c(c3)C[C@H](C)O4)C(=O)C(=O)N2c2nc3c(C)cc(C)cc3s2)ccc1O. The zero-order valence-electron chi connectivity index (χ0n) is 22.5. The third-order valence-electron chi connectivity index (χ3n) is 7.24. The number of aryl methyl sites for hydroxylation is 2. The summed E-state index contributed by atoms with van der Waals surface area (Å²) in [6.45, 7) is 8.02. The van der Waals surface area contributed by atoms with Crippen LogP contribution in [0.1, 0.15) is 47.7 Å². The van der Waals surface area contributed by atoms with Gasteiger partial charge in [0.2, 0.25) is 0 Å². The first-order valence-corrected chi connectivity index (χ1v) is 13.9. The van der Waals surface area contributed by atoms with E-state index in [4.69, 9.17) is 14.5 Å². The van der Waals surface area contributed by atoms with Crippen molar-refractivity contribution in [2.45, 2.75) is 46.3 Å². The number of anilines is 1. The van der Waals surface area contributed by atoms with Gasteiger partial charge in [-0.25, -0.2) is 4.98 Å². The summed E-state index contributed by atoms with van der Waals surface area (Å²) in [7, 11) is 0. The fourth-order valence-electron chi connectivity index (χ4n) is 5.50. The number of phenols is 1. The Morgan fingerprint density at radius 1 is 1.15 bits per heavy atom. The van der Waals surface area contributed by atoms with E-state index in [1.807, 2.05) is 32.9 Å². The number of nitrogens with zero attached hydrogens (tertiary/aromatic N) is 2. The second-order valence-electron chi connectivity index (χ2n) is 10.2. The number of hydrogen-bond acceptors (Lipinski definition) is 8. The van der Waals surface area contributed by atoms with Gasteiger partial charge in [0.1, 0.15) is 17.6 Å². The Labute approximate surface area is 235 Å². The molecule has 9 heteroatoms. The van der Waals surface area contributed by atoms with Gasteiger partial charge in [0.05, 0.1) is 28.4 Å². The zero-order chi connectivity index (χ0) is 28.3. The van der Waals surface area contributed by atoms with Gasteiger partial charge in [-0.1, -0.05) is 23.5 Å². The van der Waals surface area contributed by atoms with Gasteiger partial charge in [-0.15, -0.1) is 0 Å². The number of ether oxygens (including phenoxy) is 2. The lowest BCUT2D eigenvalue weighted by Crippen LogP contribution is -2.29. The largest absolute Gasteiger partial charge is 0.507 e. The molecule has 0 unspecified atom stereocenters. The van der Waals surface area contributed by atoms with E-state index in [2.05, 4.69) is 0 Å². The highest BCUT2D eigenvalue weighted by atomic mass is 32.1. The number of phenolic OH excluding ortho intramolecular Hbond substituents is 1. The molecule has 6 rings (SSSR count). The second-order valence-corrected chi connectivity index (χ2v) is 11.2. The Hall–Kier alpha value is -4.37. The number of aromatic hydroxyl groups is 1. The van der Waals surface area contributed by atoms with E-state index in [0.717, 1.165) is 32.7 Å². The number of amides is 1. The fourth-order valence-corrected chi connectivity index (χ4v) is 6.67. The molecular weight excluding hydrogens is 528 g/mol. The monoisotopic (exact) mass is 556 g/mol. The zero-order valence-corrected chi connectivity index (χ0v) is 23.3. The molecule has 40 heavy (non-hydrogen) atoms. The first-order valence-electron chi connectivity index (χ1n) is 13.1. The van der Waals surface area contributed by atoms with Crippen molar-refractivity contribution in [3.05, 3.63) is 81.9 Å². The Kier molecular flexibility index (Phi) is 6.26. The summed E-state index contributed by atoms with van der Waals surface area (Å²) >= 11 is 1.31. The first kappa shape index (κ1) is 25.9. The first-order chi connectivity index (χ1) is 19.2. The van der Waals surface area contributed by atoms with Crippen molar-refractivity contribution in [2.75, 3.05) is 11.5 Å². The molecule has 2 aliphatic heterocycles. The highest BCUT2D eigenvalue weighted by molar-refractivity contribution is 7.22. The molecule has 0 aliphatic carbocycles. The van der Waals surface area contributed by atoms with Crippen LogP contribution in [0.3, 0.4) is 0 Å². The Morgan fingerprint density at radius 3 is 2.73 bits per heavy atom. The topological polar surface area (TPSA) is 109 Å². The van der Waals surface area contributed by atoms with Crippen molar-refractivity contribution in [3.63, 3.8) is 0 Å². The van der Waals surface area contributed by atoms with Crippen molar-refractivity contribution >= 4 is 44.1 Å². The lowest BCUT2D eigenvalue weighted by molar-refractivity contribution is -0.132. The molecule has 8 nitrogen and oxygen atoms in total. The summed E-state index contributed by atoms with van der Waals surface area (Å²) in [6.07, 6.45) is 0.687. The van der Waals surface area contributed by atoms with Gasteiger partial charge in [-0.3, -0.25) is 14.5 Å². The standard InChI is InChI=1S/C31H28N2O6S/c1-5-38-23-14-18(6-8-21(23)34)27-25(28(35)19-7-9-22-20(13-19)12-17(4)39-22)29(36)30(37)33(27)31-32-26-16(3)10-15(2)11-24(26)40-31/h6-11,13-14,17,27,34-35H,5,12H2,1-4H3/b28-25+/t17-,27-/m0/s1. The van der Waals surface area contributed by atoms with Crippen LogP contribution in [0.4, 0.5) is 5.13 Å². The Bertz CT molecular complexity index is 1740. The second kappa shape index (κ2) is 9.67. The summed E-state index contributed by atoms with van der Waals surface area (Å²) in [4.78, 5) is 33.4. The number of thiazole rings is 1. The summed E-state index contributed by atoms with van der Waals surface area (Å²) in [5.41, 5.74) is 4.54. The molecule has 1 amide bonds. The molecular formula is C31H28N2O6S. The molecule has 4 aromatic rings. The molecule has 0 bridgehead atoms. The summed E-state index contributed by atoms with van der Waals surface area (Å²) < 4.78 is 12.3. The number of Topliss-reactive ketones (excluding diaryl/α,β-unsaturated/α-hetero) is 1. The number of carbonyl (C=O) groups excluding carboxylic acids is 2. The van der Waals surface area contributed by atoms with Crippen LogP contribution in [-0.4, -0.2) is 39.6 Å². The molecule has 2 atom stereocenters. The number of hydrogen-bond donors (Lipinski definition) is 2. The lowest BCUT2D eigenvalue weighted by Gasteiger charge is -2.23. The highest BCUT2D eigenvalue weighted by Gasteiger charge is 2.48. The number of aromatic nitrogens is 1. The maximum absolute atomic E-state index is 13.7. The van der Waals surface area contributed by atoms with E-state index in [1.54, 1.807) is 37.3 Å². The molecule has 3 aromatic carbocycles. The van der Waals surface area contributed by atoms with E-state index in [9.17, 15) is 19.8 Å². The average Bonchev–Trinajstić information content (AvgIpc) is 3.57. The molecule has 0 saturated carbocycles. The van der Waals surface area contributed by atoms with Gasteiger partial charge >= 0.3 is 5.91 Å². The third kappa shape index (κ3) is 4.17. The van der Waals surface area contributed by atoms with Gasteiger partial charge < -0.3 is 19.7 Å². The van der Waals surface area contributed by atoms with E-state index in [1.165, 1.54) is 22.3 Å². The van der Waals surface area contributed by atoms with Crippen LogP contribution < -0.4 is 14.4 Å². The normalized spacial score (nSPS) is 19.8. The number of fused-ring (bicyclic) bond motifs is 2. The molecule has 2 aliphatic rings. The molecule has 204 valence electrons. The van der Waals surface area contributed by atoms with Crippen LogP contribution in [0.2, 0.25) is 0 Å². The van der Waals surface area contributed by atoms with Crippen LogP contribution in [0.5, 0.6) is 17.2 Å². The van der Waals surface area contributed by atoms with Crippen LogP contribution in [0, 0.1) is 13.8 Å². The van der Waals surface area contributed by atoms with E-state index < -0.39 is 17.7 Å². The molecule has 0 spiro atoms.